The third kappa shape index (κ3) is 3.85. The van der Waals surface area contributed by atoms with Crippen LogP contribution in [0.4, 0.5) is 5.82 Å². The number of hydrogen-bond acceptors (Lipinski definition) is 4. The normalized spacial score (nSPS) is 11.6. The molecule has 2 aromatic heterocycles. The van der Waals surface area contributed by atoms with Crippen LogP contribution in [0.5, 0.6) is 0 Å². The molecule has 0 aliphatic heterocycles. The van der Waals surface area contributed by atoms with Gasteiger partial charge in [0.05, 0.1) is 23.9 Å². The average Bonchev–Trinajstić information content (AvgIpc) is 2.90. The van der Waals surface area contributed by atoms with E-state index in [9.17, 15) is 4.79 Å². The summed E-state index contributed by atoms with van der Waals surface area (Å²) in [6.07, 6.45) is 0.312. The van der Waals surface area contributed by atoms with Crippen molar-refractivity contribution in [3.05, 3.63) is 29.8 Å². The van der Waals surface area contributed by atoms with Crippen LogP contribution in [0.2, 0.25) is 0 Å². The summed E-state index contributed by atoms with van der Waals surface area (Å²) < 4.78 is 7.15. The quantitative estimate of drug-likeness (QED) is 0.653. The zero-order chi connectivity index (χ0) is 18.7. The Labute approximate surface area is 153 Å². The third-order valence-electron chi connectivity index (χ3n) is 4.22. The number of anilines is 1. The molecule has 0 saturated carbocycles. The maximum absolute atomic E-state index is 12.2. The second-order valence-corrected chi connectivity index (χ2v) is 6.93. The van der Waals surface area contributed by atoms with Crippen LogP contribution < -0.4 is 5.32 Å². The minimum Gasteiger partial charge on any atom is -0.381 e. The summed E-state index contributed by atoms with van der Waals surface area (Å²) in [5.74, 6) is 0.894. The monoisotopic (exact) mass is 354 g/mol. The number of fused-ring (bicyclic) bond motifs is 2. The second-order valence-electron chi connectivity index (χ2n) is 6.93. The Morgan fingerprint density at radius 1 is 1.35 bits per heavy atom. The molecule has 3 aromatic rings. The van der Waals surface area contributed by atoms with E-state index < -0.39 is 0 Å². The zero-order valence-corrected chi connectivity index (χ0v) is 15.9. The van der Waals surface area contributed by atoms with Gasteiger partial charge in [-0.1, -0.05) is 32.0 Å². The van der Waals surface area contributed by atoms with E-state index in [-0.39, 0.29) is 5.91 Å². The molecule has 26 heavy (non-hydrogen) atoms. The number of hydrogen-bond donors (Lipinski definition) is 1. The molecule has 1 amide bonds. The lowest BCUT2D eigenvalue weighted by Crippen LogP contribution is -2.15. The number of carbonyl (C=O) groups is 1. The minimum atomic E-state index is -0.0983. The first-order valence-corrected chi connectivity index (χ1v) is 9.14. The smallest absolute Gasteiger partial charge is 0.227 e. The molecular formula is C20H26N4O2. The van der Waals surface area contributed by atoms with Crippen molar-refractivity contribution in [2.24, 2.45) is 5.92 Å². The highest BCUT2D eigenvalue weighted by Crippen LogP contribution is 2.28. The minimum absolute atomic E-state index is 0.0983. The summed E-state index contributed by atoms with van der Waals surface area (Å²) in [6, 6.07) is 8.17. The first-order chi connectivity index (χ1) is 12.5. The molecular weight excluding hydrogens is 328 g/mol. The van der Waals surface area contributed by atoms with Gasteiger partial charge in [0.1, 0.15) is 0 Å². The number of carbonyl (C=O) groups excluding carboxylic acids is 1. The molecule has 138 valence electrons. The molecule has 0 bridgehead atoms. The van der Waals surface area contributed by atoms with Crippen molar-refractivity contribution in [2.45, 2.75) is 40.7 Å². The number of para-hydroxylation sites is 1. The summed E-state index contributed by atoms with van der Waals surface area (Å²) in [7, 11) is 0. The lowest BCUT2D eigenvalue weighted by atomic mass is 10.1. The standard InChI is InChI=1S/C20H26N4O2/c1-5-26-10-9-17(25)21-19-16-11-15-8-6-7-14(4)18(15)22-20(16)24(23-19)12-13(2)3/h6-8,11,13H,5,9-10,12H2,1-4H3,(H,21,23,25). The van der Waals surface area contributed by atoms with E-state index in [1.165, 1.54) is 0 Å². The van der Waals surface area contributed by atoms with Crippen molar-refractivity contribution < 1.29 is 9.53 Å². The number of benzene rings is 1. The summed E-state index contributed by atoms with van der Waals surface area (Å²) in [5.41, 5.74) is 2.91. The maximum Gasteiger partial charge on any atom is 0.227 e. The predicted molar refractivity (Wildman–Crippen MR) is 104 cm³/mol. The van der Waals surface area contributed by atoms with Crippen LogP contribution in [0, 0.1) is 12.8 Å². The van der Waals surface area contributed by atoms with Gasteiger partial charge in [-0.05, 0) is 31.4 Å². The van der Waals surface area contributed by atoms with Crippen molar-refractivity contribution in [2.75, 3.05) is 18.5 Å². The van der Waals surface area contributed by atoms with Gasteiger partial charge < -0.3 is 10.1 Å². The molecule has 6 nitrogen and oxygen atoms in total. The summed E-state index contributed by atoms with van der Waals surface area (Å²) in [5, 5.41) is 9.47. The number of aryl methyl sites for hydroxylation is 1. The Kier molecular flexibility index (Phi) is 5.52. The number of aromatic nitrogens is 3. The molecule has 0 saturated heterocycles. The highest BCUT2D eigenvalue weighted by atomic mass is 16.5. The lowest BCUT2D eigenvalue weighted by Gasteiger charge is -2.06. The largest absolute Gasteiger partial charge is 0.381 e. The number of amides is 1. The van der Waals surface area contributed by atoms with Crippen LogP contribution in [-0.2, 0) is 16.1 Å². The molecule has 1 aromatic carbocycles. The third-order valence-corrected chi connectivity index (χ3v) is 4.22. The average molecular weight is 354 g/mol. The van der Waals surface area contributed by atoms with E-state index in [0.717, 1.165) is 34.0 Å². The number of nitrogens with zero attached hydrogens (tertiary/aromatic N) is 3. The SMILES string of the molecule is CCOCCC(=O)Nc1nn(CC(C)C)c2nc3c(C)cccc3cc12. The van der Waals surface area contributed by atoms with Gasteiger partial charge in [0.15, 0.2) is 11.5 Å². The Morgan fingerprint density at radius 2 is 2.15 bits per heavy atom. The molecule has 1 N–H and O–H groups in total. The van der Waals surface area contributed by atoms with Crippen molar-refractivity contribution in [3.63, 3.8) is 0 Å². The topological polar surface area (TPSA) is 69.0 Å². The van der Waals surface area contributed by atoms with E-state index in [2.05, 4.69) is 43.3 Å². The van der Waals surface area contributed by atoms with Crippen molar-refractivity contribution in [1.29, 1.82) is 0 Å². The first-order valence-electron chi connectivity index (χ1n) is 9.14. The molecule has 0 atom stereocenters. The predicted octanol–water partition coefficient (Wildman–Crippen LogP) is 3.91. The fourth-order valence-corrected chi connectivity index (χ4v) is 3.00. The maximum atomic E-state index is 12.2. The Morgan fingerprint density at radius 3 is 2.88 bits per heavy atom. The van der Waals surface area contributed by atoms with Crippen LogP contribution in [0.3, 0.4) is 0 Å². The summed E-state index contributed by atoms with van der Waals surface area (Å²) in [4.78, 5) is 17.1. The van der Waals surface area contributed by atoms with Gasteiger partial charge in [-0.2, -0.15) is 5.10 Å². The fraction of sp³-hybridized carbons (Fsp3) is 0.450. The summed E-state index contributed by atoms with van der Waals surface area (Å²) >= 11 is 0. The van der Waals surface area contributed by atoms with E-state index in [1.807, 2.05) is 23.7 Å². The highest BCUT2D eigenvalue weighted by Gasteiger charge is 2.16. The van der Waals surface area contributed by atoms with Crippen LogP contribution >= 0.6 is 0 Å². The molecule has 6 heteroatoms. The molecule has 0 aliphatic carbocycles. The number of nitrogens with one attached hydrogen (secondary N) is 1. The van der Waals surface area contributed by atoms with E-state index in [0.29, 0.717) is 31.4 Å². The van der Waals surface area contributed by atoms with E-state index >= 15 is 0 Å². The van der Waals surface area contributed by atoms with Crippen molar-refractivity contribution in [1.82, 2.24) is 14.8 Å². The van der Waals surface area contributed by atoms with Gasteiger partial charge in [-0.3, -0.25) is 4.79 Å². The molecule has 3 rings (SSSR count). The van der Waals surface area contributed by atoms with E-state index in [4.69, 9.17) is 9.72 Å². The van der Waals surface area contributed by atoms with Crippen molar-refractivity contribution in [3.8, 4) is 0 Å². The summed E-state index contributed by atoms with van der Waals surface area (Å²) in [6.45, 7) is 10.0. The van der Waals surface area contributed by atoms with Gasteiger partial charge in [0.2, 0.25) is 5.91 Å². The van der Waals surface area contributed by atoms with Crippen LogP contribution in [0.25, 0.3) is 21.9 Å². The lowest BCUT2D eigenvalue weighted by molar-refractivity contribution is -0.117. The highest BCUT2D eigenvalue weighted by molar-refractivity contribution is 6.03. The van der Waals surface area contributed by atoms with Gasteiger partial charge in [0, 0.05) is 18.5 Å². The van der Waals surface area contributed by atoms with Crippen molar-refractivity contribution >= 4 is 33.7 Å². The molecule has 0 spiro atoms. The van der Waals surface area contributed by atoms with Gasteiger partial charge in [0.25, 0.3) is 0 Å². The van der Waals surface area contributed by atoms with Crippen LogP contribution in [-0.4, -0.2) is 33.9 Å². The van der Waals surface area contributed by atoms with Crippen LogP contribution in [0.1, 0.15) is 32.8 Å². The molecule has 0 radical (unpaired) electrons. The molecule has 2 heterocycles. The molecule has 0 aliphatic rings. The van der Waals surface area contributed by atoms with Gasteiger partial charge >= 0.3 is 0 Å². The Hall–Kier alpha value is -2.47. The van der Waals surface area contributed by atoms with Gasteiger partial charge in [-0.25, -0.2) is 9.67 Å². The number of ether oxygens (including phenoxy) is 1. The Bertz CT molecular complexity index is 930. The van der Waals surface area contributed by atoms with Crippen LogP contribution in [0.15, 0.2) is 24.3 Å². The number of pyridine rings is 1. The number of rotatable bonds is 7. The van der Waals surface area contributed by atoms with Gasteiger partial charge in [-0.15, -0.1) is 0 Å². The fourth-order valence-electron chi connectivity index (χ4n) is 3.00. The molecule has 0 fully saturated rings. The zero-order valence-electron chi connectivity index (χ0n) is 15.9. The second kappa shape index (κ2) is 7.83. The Balaban J connectivity index is 2.03. The molecule has 0 unspecified atom stereocenters. The first kappa shape index (κ1) is 18.3. The van der Waals surface area contributed by atoms with E-state index in [1.54, 1.807) is 0 Å².